The summed E-state index contributed by atoms with van der Waals surface area (Å²) in [7, 11) is 1.27. The van der Waals surface area contributed by atoms with Gasteiger partial charge >= 0.3 is 12.0 Å². The first-order chi connectivity index (χ1) is 21.6. The summed E-state index contributed by atoms with van der Waals surface area (Å²) in [6.45, 7) is 3.89. The van der Waals surface area contributed by atoms with E-state index in [9.17, 15) is 14.7 Å². The molecule has 3 aromatic carbocycles. The third-order valence-corrected chi connectivity index (χ3v) is 7.55. The van der Waals surface area contributed by atoms with Crippen LogP contribution in [0.1, 0.15) is 36.6 Å². The second-order valence-corrected chi connectivity index (χ2v) is 11.3. The van der Waals surface area contributed by atoms with Gasteiger partial charge in [-0.1, -0.05) is 41.4 Å². The third kappa shape index (κ3) is 9.04. The molecule has 0 fully saturated rings. The molecule has 4 N–H and O–H groups in total. The molecule has 45 heavy (non-hydrogen) atoms. The van der Waals surface area contributed by atoms with Crippen molar-refractivity contribution in [2.24, 2.45) is 5.10 Å². The van der Waals surface area contributed by atoms with Crippen molar-refractivity contribution in [3.63, 3.8) is 0 Å². The molecule has 0 unspecified atom stereocenters. The number of allylic oxidation sites excluding steroid dienone is 1. The van der Waals surface area contributed by atoms with Gasteiger partial charge in [0.2, 0.25) is 0 Å². The van der Waals surface area contributed by atoms with Crippen LogP contribution in [0.4, 0.5) is 4.79 Å². The summed E-state index contributed by atoms with van der Waals surface area (Å²) < 4.78 is 23.0. The number of hydrazone groups is 1. The van der Waals surface area contributed by atoms with Gasteiger partial charge in [0.05, 0.1) is 41.0 Å². The number of carbonyl (C=O) groups is 2. The smallest absolute Gasteiger partial charge is 0.337 e. The van der Waals surface area contributed by atoms with Crippen LogP contribution in [-0.4, -0.2) is 49.9 Å². The summed E-state index contributed by atoms with van der Waals surface area (Å²) in [5, 5.41) is 20.9. The zero-order valence-electron chi connectivity index (χ0n) is 24.5. The predicted molar refractivity (Wildman–Crippen MR) is 174 cm³/mol. The van der Waals surface area contributed by atoms with E-state index in [1.54, 1.807) is 56.3 Å². The molecule has 0 saturated heterocycles. The number of hydrogen-bond acceptors (Lipinski definition) is 9. The largest absolute Gasteiger partial charge is 0.490 e. The molecular formula is C31H31BrCl2N4O7. The summed E-state index contributed by atoms with van der Waals surface area (Å²) in [6.07, 6.45) is 0.321. The molecule has 14 heteroatoms. The fourth-order valence-electron chi connectivity index (χ4n) is 4.35. The normalized spacial score (nSPS) is 15.3. The molecule has 0 spiro atoms. The van der Waals surface area contributed by atoms with Crippen molar-refractivity contribution in [1.82, 2.24) is 16.1 Å². The van der Waals surface area contributed by atoms with Crippen LogP contribution in [0.25, 0.3) is 0 Å². The summed E-state index contributed by atoms with van der Waals surface area (Å²) >= 11 is 15.9. The number of nitrogens with zero attached hydrogens (tertiary/aromatic N) is 1. The number of urea groups is 1. The molecule has 1 heterocycles. The number of methoxy groups -OCH3 is 1. The zero-order chi connectivity index (χ0) is 32.5. The van der Waals surface area contributed by atoms with Crippen molar-refractivity contribution in [2.75, 3.05) is 20.3 Å². The van der Waals surface area contributed by atoms with Gasteiger partial charge in [0, 0.05) is 10.7 Å². The van der Waals surface area contributed by atoms with Crippen LogP contribution in [0.15, 0.2) is 75.4 Å². The molecule has 0 bridgehead atoms. The van der Waals surface area contributed by atoms with Crippen LogP contribution in [-0.2, 0) is 16.1 Å². The molecule has 0 radical (unpaired) electrons. The first-order valence-corrected chi connectivity index (χ1v) is 15.2. The van der Waals surface area contributed by atoms with Gasteiger partial charge < -0.3 is 34.7 Å². The molecule has 1 aliphatic rings. The second-order valence-electron chi connectivity index (χ2n) is 9.64. The van der Waals surface area contributed by atoms with Gasteiger partial charge in [-0.3, -0.25) is 5.43 Å². The van der Waals surface area contributed by atoms with E-state index < -0.39 is 24.3 Å². The number of halogens is 3. The number of rotatable bonds is 13. The molecular weight excluding hydrogens is 691 g/mol. The Morgan fingerprint density at radius 1 is 1.11 bits per heavy atom. The number of nitrogens with one attached hydrogen (secondary N) is 3. The van der Waals surface area contributed by atoms with E-state index >= 15 is 0 Å². The summed E-state index contributed by atoms with van der Waals surface area (Å²) in [4.78, 5) is 24.6. The van der Waals surface area contributed by atoms with Gasteiger partial charge in [-0.2, -0.15) is 5.10 Å². The van der Waals surface area contributed by atoms with E-state index in [-0.39, 0.29) is 12.2 Å². The van der Waals surface area contributed by atoms with E-state index in [1.807, 2.05) is 12.1 Å². The predicted octanol–water partition coefficient (Wildman–Crippen LogP) is 5.86. The van der Waals surface area contributed by atoms with Crippen molar-refractivity contribution in [3.8, 4) is 17.2 Å². The Morgan fingerprint density at radius 2 is 1.87 bits per heavy atom. The van der Waals surface area contributed by atoms with E-state index in [4.69, 9.17) is 42.1 Å². The van der Waals surface area contributed by atoms with E-state index in [0.717, 1.165) is 5.56 Å². The van der Waals surface area contributed by atoms with E-state index in [0.29, 0.717) is 61.8 Å². The molecule has 4 rings (SSSR count). The Kier molecular flexibility index (Phi) is 11.9. The van der Waals surface area contributed by atoms with Gasteiger partial charge in [0.1, 0.15) is 13.2 Å². The lowest BCUT2D eigenvalue weighted by atomic mass is 9.95. The highest BCUT2D eigenvalue weighted by Crippen LogP contribution is 2.36. The molecule has 2 atom stereocenters. The molecule has 0 aliphatic carbocycles. The Morgan fingerprint density at radius 3 is 2.56 bits per heavy atom. The minimum Gasteiger partial charge on any atom is -0.490 e. The number of aliphatic hydroxyl groups excluding tert-OH is 1. The summed E-state index contributed by atoms with van der Waals surface area (Å²) in [5.74, 6) is 0.608. The monoisotopic (exact) mass is 720 g/mol. The molecule has 0 aromatic heterocycles. The number of esters is 1. The van der Waals surface area contributed by atoms with Crippen LogP contribution in [0.2, 0.25) is 10.0 Å². The van der Waals surface area contributed by atoms with Gasteiger partial charge in [-0.25, -0.2) is 9.59 Å². The van der Waals surface area contributed by atoms with Crippen LogP contribution >= 0.6 is 39.1 Å². The topological polar surface area (TPSA) is 140 Å². The summed E-state index contributed by atoms with van der Waals surface area (Å²) in [5.41, 5.74) is 5.42. The van der Waals surface area contributed by atoms with Crippen molar-refractivity contribution in [2.45, 2.75) is 32.7 Å². The third-order valence-electron chi connectivity index (χ3n) is 6.43. The Hall–Kier alpha value is -3.97. The lowest BCUT2D eigenvalue weighted by molar-refractivity contribution is -0.136. The highest BCUT2D eigenvalue weighted by Gasteiger charge is 2.32. The second kappa shape index (κ2) is 15.8. The van der Waals surface area contributed by atoms with Crippen LogP contribution in [0.5, 0.6) is 17.2 Å². The van der Waals surface area contributed by atoms with Gasteiger partial charge in [-0.15, -0.1) is 0 Å². The zero-order valence-corrected chi connectivity index (χ0v) is 27.6. The highest BCUT2D eigenvalue weighted by atomic mass is 79.9. The Labute approximate surface area is 278 Å². The number of amides is 2. The number of benzene rings is 3. The van der Waals surface area contributed by atoms with Gasteiger partial charge in [0.25, 0.3) is 0 Å². The molecule has 2 amide bonds. The minimum atomic E-state index is -1.17. The SMILES string of the molecule is CCOc1cc([C@@H]2NC(=O)NC(C)=C2C(=O)OC)ccc1OC[C@@H](O)N/N=C\c1cc(Cl)c(OCc2ccc(Cl)cc2)c(Br)c1. The van der Waals surface area contributed by atoms with Crippen molar-refractivity contribution in [3.05, 3.63) is 97.1 Å². The Balaban J connectivity index is 1.37. The number of aliphatic hydroxyl groups is 1. The van der Waals surface area contributed by atoms with E-state index in [2.05, 4.69) is 37.1 Å². The van der Waals surface area contributed by atoms with Crippen molar-refractivity contribution >= 4 is 57.3 Å². The van der Waals surface area contributed by atoms with Gasteiger partial charge in [0.15, 0.2) is 23.5 Å². The molecule has 3 aromatic rings. The first kappa shape index (κ1) is 33.9. The number of carbonyl (C=O) groups excluding carboxylic acids is 2. The first-order valence-electron chi connectivity index (χ1n) is 13.7. The maximum Gasteiger partial charge on any atom is 0.337 e. The molecule has 0 saturated carbocycles. The Bertz CT molecular complexity index is 1580. The quantitative estimate of drug-likeness (QED) is 0.0746. The fourth-order valence-corrected chi connectivity index (χ4v) is 5.46. The van der Waals surface area contributed by atoms with E-state index in [1.165, 1.54) is 13.3 Å². The van der Waals surface area contributed by atoms with Crippen LogP contribution in [0.3, 0.4) is 0 Å². The minimum absolute atomic E-state index is 0.171. The fraction of sp³-hybridized carbons (Fsp3) is 0.258. The van der Waals surface area contributed by atoms with Gasteiger partial charge in [-0.05, 0) is 82.9 Å². The average molecular weight is 722 g/mol. The van der Waals surface area contributed by atoms with Crippen LogP contribution < -0.4 is 30.3 Å². The number of ether oxygens (including phenoxy) is 4. The van der Waals surface area contributed by atoms with Crippen molar-refractivity contribution < 1.29 is 33.6 Å². The highest BCUT2D eigenvalue weighted by molar-refractivity contribution is 9.10. The average Bonchev–Trinajstić information content (AvgIpc) is 3.00. The number of hydrogen-bond donors (Lipinski definition) is 4. The molecule has 1 aliphatic heterocycles. The van der Waals surface area contributed by atoms with Crippen molar-refractivity contribution in [1.29, 1.82) is 0 Å². The lowest BCUT2D eigenvalue weighted by Crippen LogP contribution is -2.45. The standard InChI is InChI=1S/C31H31BrCl2N4O7/c1-4-43-25-13-20(28-27(30(40)42-3)17(2)36-31(41)37-28)7-10-24(25)44-16-26(39)38-35-14-19-11-22(32)29(23(34)12-19)45-15-18-5-8-21(33)9-6-18/h5-14,26,28,38-39H,4,15-16H2,1-3H3,(H2,36,37,41)/b35-14-/t26-,28+/m1/s1. The summed E-state index contributed by atoms with van der Waals surface area (Å²) in [6, 6.07) is 14.5. The maximum absolute atomic E-state index is 12.4. The molecule has 11 nitrogen and oxygen atoms in total. The van der Waals surface area contributed by atoms with Crippen LogP contribution in [0, 0.1) is 0 Å². The molecule has 238 valence electrons. The lowest BCUT2D eigenvalue weighted by Gasteiger charge is -2.28. The maximum atomic E-state index is 12.4.